The quantitative estimate of drug-likeness (QED) is 0.714. The second-order valence-electron chi connectivity index (χ2n) is 6.94. The molecule has 8 heteroatoms. The molecule has 0 radical (unpaired) electrons. The summed E-state index contributed by atoms with van der Waals surface area (Å²) in [4.78, 5) is 26.7. The van der Waals surface area contributed by atoms with Crippen molar-refractivity contribution in [2.24, 2.45) is 0 Å². The summed E-state index contributed by atoms with van der Waals surface area (Å²) < 4.78 is 1.39. The van der Waals surface area contributed by atoms with E-state index in [0.717, 1.165) is 25.9 Å². The maximum atomic E-state index is 12.4. The normalized spacial score (nSPS) is 18.9. The Morgan fingerprint density at radius 2 is 2.22 bits per heavy atom. The standard InChI is InChI=1S/C19H23N5O3/c25-14-11-21-19(27)17-10-15(22-24(17)12-14)18(26)20-7-9-23-8-3-5-13-4-1-2-6-16(13)23/h1-2,4,6,10,14,25H,3,5,7-9,11-12H2,(H,20,26)(H,21,27)/t14-/m0/s1. The molecule has 0 spiro atoms. The van der Waals surface area contributed by atoms with Gasteiger partial charge >= 0.3 is 0 Å². The van der Waals surface area contributed by atoms with Crippen molar-refractivity contribution in [1.82, 2.24) is 20.4 Å². The summed E-state index contributed by atoms with van der Waals surface area (Å²) in [6.07, 6.45) is 1.48. The molecule has 1 aromatic carbocycles. The van der Waals surface area contributed by atoms with Gasteiger partial charge in [0.2, 0.25) is 0 Å². The highest BCUT2D eigenvalue weighted by molar-refractivity contribution is 5.98. The third-order valence-corrected chi connectivity index (χ3v) is 5.00. The van der Waals surface area contributed by atoms with Gasteiger partial charge in [-0.1, -0.05) is 18.2 Å². The molecule has 3 heterocycles. The van der Waals surface area contributed by atoms with Crippen molar-refractivity contribution in [1.29, 1.82) is 0 Å². The Bertz CT molecular complexity index is 863. The van der Waals surface area contributed by atoms with E-state index in [-0.39, 0.29) is 30.6 Å². The van der Waals surface area contributed by atoms with E-state index in [1.807, 2.05) is 6.07 Å². The SMILES string of the molecule is O=C(NCCN1CCCc2ccccc21)c1cc2n(n1)C[C@@H](O)CNC2=O. The Morgan fingerprint density at radius 3 is 3.11 bits per heavy atom. The molecule has 0 aliphatic carbocycles. The van der Waals surface area contributed by atoms with Gasteiger partial charge in [-0.15, -0.1) is 0 Å². The molecule has 0 fully saturated rings. The minimum atomic E-state index is -0.717. The van der Waals surface area contributed by atoms with Crippen LogP contribution in [0.25, 0.3) is 0 Å². The second-order valence-corrected chi connectivity index (χ2v) is 6.94. The highest BCUT2D eigenvalue weighted by Gasteiger charge is 2.24. The number of nitrogens with zero attached hydrogens (tertiary/aromatic N) is 3. The van der Waals surface area contributed by atoms with E-state index in [9.17, 15) is 14.7 Å². The topological polar surface area (TPSA) is 99.5 Å². The molecule has 8 nitrogen and oxygen atoms in total. The van der Waals surface area contributed by atoms with E-state index in [0.29, 0.717) is 12.2 Å². The molecule has 4 rings (SSSR count). The van der Waals surface area contributed by atoms with Gasteiger partial charge in [0.1, 0.15) is 5.69 Å². The minimum absolute atomic E-state index is 0.182. The van der Waals surface area contributed by atoms with Crippen LogP contribution in [0, 0.1) is 0 Å². The number of anilines is 1. The number of hydrogen-bond donors (Lipinski definition) is 3. The first-order valence-electron chi connectivity index (χ1n) is 9.27. The van der Waals surface area contributed by atoms with Crippen molar-refractivity contribution < 1.29 is 14.7 Å². The van der Waals surface area contributed by atoms with Gasteiger partial charge in [0.25, 0.3) is 11.8 Å². The van der Waals surface area contributed by atoms with Crippen molar-refractivity contribution in [3.63, 3.8) is 0 Å². The Hall–Kier alpha value is -2.87. The number of nitrogens with one attached hydrogen (secondary N) is 2. The molecule has 1 atom stereocenters. The Kier molecular flexibility index (Phi) is 4.81. The lowest BCUT2D eigenvalue weighted by molar-refractivity contribution is 0.0931. The Labute approximate surface area is 157 Å². The number of rotatable bonds is 4. The van der Waals surface area contributed by atoms with E-state index >= 15 is 0 Å². The summed E-state index contributed by atoms with van der Waals surface area (Å²) in [5.74, 6) is -0.647. The van der Waals surface area contributed by atoms with Gasteiger partial charge in [-0.25, -0.2) is 0 Å². The number of para-hydroxylation sites is 1. The number of amides is 2. The molecule has 3 N–H and O–H groups in total. The van der Waals surface area contributed by atoms with Gasteiger partial charge in [-0.2, -0.15) is 5.10 Å². The lowest BCUT2D eigenvalue weighted by Crippen LogP contribution is -2.37. The highest BCUT2D eigenvalue weighted by atomic mass is 16.3. The molecule has 0 saturated heterocycles. The average molecular weight is 369 g/mol. The number of fused-ring (bicyclic) bond motifs is 2. The number of aryl methyl sites for hydroxylation is 1. The molecule has 142 valence electrons. The zero-order valence-corrected chi connectivity index (χ0v) is 15.0. The number of carbonyl (C=O) groups is 2. The molecule has 0 unspecified atom stereocenters. The van der Waals surface area contributed by atoms with Crippen LogP contribution in [0.1, 0.15) is 33.0 Å². The largest absolute Gasteiger partial charge is 0.389 e. The van der Waals surface area contributed by atoms with Gasteiger partial charge < -0.3 is 20.6 Å². The van der Waals surface area contributed by atoms with Crippen LogP contribution in [0.15, 0.2) is 30.3 Å². The molecule has 0 saturated carbocycles. The predicted molar refractivity (Wildman–Crippen MR) is 99.9 cm³/mol. The van der Waals surface area contributed by atoms with Crippen molar-refractivity contribution in [2.75, 3.05) is 31.1 Å². The van der Waals surface area contributed by atoms with E-state index in [4.69, 9.17) is 0 Å². The van der Waals surface area contributed by atoms with Crippen molar-refractivity contribution in [3.8, 4) is 0 Å². The first-order valence-corrected chi connectivity index (χ1v) is 9.27. The van der Waals surface area contributed by atoms with Gasteiger partial charge in [-0.05, 0) is 24.5 Å². The fourth-order valence-corrected chi connectivity index (χ4v) is 3.65. The maximum Gasteiger partial charge on any atom is 0.271 e. The molecule has 1 aromatic heterocycles. The molecule has 2 aliphatic heterocycles. The van der Waals surface area contributed by atoms with Gasteiger partial charge in [-0.3, -0.25) is 14.3 Å². The van der Waals surface area contributed by atoms with Crippen LogP contribution in [0.3, 0.4) is 0 Å². The third kappa shape index (κ3) is 3.66. The van der Waals surface area contributed by atoms with Gasteiger partial charge in [0.05, 0.1) is 12.6 Å². The highest BCUT2D eigenvalue weighted by Crippen LogP contribution is 2.26. The fourth-order valence-electron chi connectivity index (χ4n) is 3.65. The van der Waals surface area contributed by atoms with Crippen LogP contribution >= 0.6 is 0 Å². The summed E-state index contributed by atoms with van der Waals surface area (Å²) in [6, 6.07) is 9.83. The Morgan fingerprint density at radius 1 is 1.37 bits per heavy atom. The van der Waals surface area contributed by atoms with Crippen LogP contribution in [0.5, 0.6) is 0 Å². The lowest BCUT2D eigenvalue weighted by atomic mass is 10.0. The summed E-state index contributed by atoms with van der Waals surface area (Å²) in [7, 11) is 0. The first-order chi connectivity index (χ1) is 13.1. The number of aliphatic hydroxyl groups is 1. The molecule has 27 heavy (non-hydrogen) atoms. The number of carbonyl (C=O) groups excluding carboxylic acids is 2. The molecule has 2 amide bonds. The van der Waals surface area contributed by atoms with Crippen LogP contribution in [-0.4, -0.2) is 59.0 Å². The monoisotopic (exact) mass is 369 g/mol. The number of aromatic nitrogens is 2. The minimum Gasteiger partial charge on any atom is -0.389 e. The second kappa shape index (κ2) is 7.40. The van der Waals surface area contributed by atoms with E-state index < -0.39 is 6.10 Å². The number of hydrogen-bond acceptors (Lipinski definition) is 5. The predicted octanol–water partition coefficient (Wildman–Crippen LogP) is 0.170. The lowest BCUT2D eigenvalue weighted by Gasteiger charge is -2.31. The molecule has 2 aliphatic rings. The summed E-state index contributed by atoms with van der Waals surface area (Å²) >= 11 is 0. The van der Waals surface area contributed by atoms with Gasteiger partial charge in [0, 0.05) is 37.9 Å². The smallest absolute Gasteiger partial charge is 0.271 e. The van der Waals surface area contributed by atoms with Crippen LogP contribution < -0.4 is 15.5 Å². The summed E-state index contributed by atoms with van der Waals surface area (Å²) in [5, 5.41) is 19.5. The summed E-state index contributed by atoms with van der Waals surface area (Å²) in [5.41, 5.74) is 3.06. The maximum absolute atomic E-state index is 12.4. The number of β-amino-alcohol motifs (C(OH)–C–C–N with tert-alkyl or cyclic N) is 1. The van der Waals surface area contributed by atoms with E-state index in [1.54, 1.807) is 0 Å². The molecule has 0 bridgehead atoms. The fraction of sp³-hybridized carbons (Fsp3) is 0.421. The van der Waals surface area contributed by atoms with Crippen molar-refractivity contribution in [2.45, 2.75) is 25.5 Å². The van der Waals surface area contributed by atoms with Crippen molar-refractivity contribution >= 4 is 17.5 Å². The zero-order valence-electron chi connectivity index (χ0n) is 15.0. The van der Waals surface area contributed by atoms with Gasteiger partial charge in [0.15, 0.2) is 5.69 Å². The van der Waals surface area contributed by atoms with Crippen LogP contribution in [-0.2, 0) is 13.0 Å². The van der Waals surface area contributed by atoms with Crippen LogP contribution in [0.4, 0.5) is 5.69 Å². The first kappa shape index (κ1) is 17.5. The number of benzene rings is 1. The van der Waals surface area contributed by atoms with E-state index in [2.05, 4.69) is 38.8 Å². The van der Waals surface area contributed by atoms with Crippen LogP contribution in [0.2, 0.25) is 0 Å². The molecule has 2 aromatic rings. The number of aliphatic hydroxyl groups excluding tert-OH is 1. The Balaban J connectivity index is 1.38. The molecular weight excluding hydrogens is 346 g/mol. The average Bonchev–Trinajstić information content (AvgIpc) is 3.04. The summed E-state index contributed by atoms with van der Waals surface area (Å²) in [6.45, 7) is 2.55. The van der Waals surface area contributed by atoms with E-state index in [1.165, 1.54) is 22.0 Å². The molecular formula is C19H23N5O3. The zero-order chi connectivity index (χ0) is 18.8. The third-order valence-electron chi connectivity index (χ3n) is 5.00. The van der Waals surface area contributed by atoms with Crippen molar-refractivity contribution in [3.05, 3.63) is 47.3 Å².